The molecular weight excluding hydrogens is 314 g/mol. The maximum Gasteiger partial charge on any atom is 0.251 e. The summed E-state index contributed by atoms with van der Waals surface area (Å²) >= 11 is 0. The predicted molar refractivity (Wildman–Crippen MR) is 97.4 cm³/mol. The molecule has 5 heteroatoms. The minimum absolute atomic E-state index is 0.0325. The molecule has 1 N–H and O–H groups in total. The minimum atomic E-state index is -0.0325. The number of morpholine rings is 1. The standard InChI is InChI=1S/C20H23N3O2/c1-3-15-11-18(14(2)22-20(15)24)17-6-4-5-16(12-21)19(17)13-23-7-9-25-10-8-23/h4-6,11H,3,7-10,13H2,1-2H3,(H,22,24). The Morgan fingerprint density at radius 3 is 2.72 bits per heavy atom. The van der Waals surface area contributed by atoms with Crippen LogP contribution in [0.2, 0.25) is 0 Å². The molecule has 2 aromatic rings. The molecule has 1 aromatic heterocycles. The molecule has 0 saturated carbocycles. The molecule has 1 aliphatic rings. The summed E-state index contributed by atoms with van der Waals surface area (Å²) in [5.41, 5.74) is 5.29. The van der Waals surface area contributed by atoms with Crippen molar-refractivity contribution in [2.75, 3.05) is 26.3 Å². The summed E-state index contributed by atoms with van der Waals surface area (Å²) in [4.78, 5) is 17.3. The number of nitrogens with zero attached hydrogens (tertiary/aromatic N) is 2. The van der Waals surface area contributed by atoms with E-state index in [4.69, 9.17) is 4.74 Å². The number of H-pyrrole nitrogens is 1. The molecule has 0 bridgehead atoms. The van der Waals surface area contributed by atoms with Gasteiger partial charge in [-0.3, -0.25) is 9.69 Å². The summed E-state index contributed by atoms with van der Waals surface area (Å²) in [6, 6.07) is 10.1. The Morgan fingerprint density at radius 1 is 1.28 bits per heavy atom. The van der Waals surface area contributed by atoms with Gasteiger partial charge >= 0.3 is 0 Å². The van der Waals surface area contributed by atoms with Crippen LogP contribution < -0.4 is 5.56 Å². The number of aryl methyl sites for hydroxylation is 2. The Bertz CT molecular complexity index is 858. The minimum Gasteiger partial charge on any atom is -0.379 e. The van der Waals surface area contributed by atoms with E-state index < -0.39 is 0 Å². The summed E-state index contributed by atoms with van der Waals surface area (Å²) in [5.74, 6) is 0. The molecule has 2 heterocycles. The predicted octanol–water partition coefficient (Wildman–Crippen LogP) is 2.62. The quantitative estimate of drug-likeness (QED) is 0.931. The van der Waals surface area contributed by atoms with Gasteiger partial charge in [0.15, 0.2) is 0 Å². The molecule has 1 aliphatic heterocycles. The largest absolute Gasteiger partial charge is 0.379 e. The fourth-order valence-electron chi connectivity index (χ4n) is 3.31. The molecule has 0 unspecified atom stereocenters. The van der Waals surface area contributed by atoms with Gasteiger partial charge in [0.05, 0.1) is 24.8 Å². The van der Waals surface area contributed by atoms with Crippen LogP contribution in [0.1, 0.15) is 29.3 Å². The van der Waals surface area contributed by atoms with Gasteiger partial charge < -0.3 is 9.72 Å². The number of hydrogen-bond donors (Lipinski definition) is 1. The Morgan fingerprint density at radius 2 is 2.04 bits per heavy atom. The Hall–Kier alpha value is -2.42. The van der Waals surface area contributed by atoms with Crippen LogP contribution in [0.15, 0.2) is 29.1 Å². The third-order valence-electron chi connectivity index (χ3n) is 4.77. The highest BCUT2D eigenvalue weighted by molar-refractivity contribution is 5.72. The number of rotatable bonds is 4. The van der Waals surface area contributed by atoms with E-state index >= 15 is 0 Å². The Kier molecular flexibility index (Phi) is 5.32. The van der Waals surface area contributed by atoms with Gasteiger partial charge in [0.1, 0.15) is 0 Å². The zero-order valence-corrected chi connectivity index (χ0v) is 14.8. The second-order valence-corrected chi connectivity index (χ2v) is 6.35. The maximum absolute atomic E-state index is 12.0. The van der Waals surface area contributed by atoms with Crippen LogP contribution in [-0.4, -0.2) is 36.2 Å². The van der Waals surface area contributed by atoms with Crippen molar-refractivity contribution < 1.29 is 4.74 Å². The van der Waals surface area contributed by atoms with Crippen molar-refractivity contribution in [3.8, 4) is 17.2 Å². The summed E-state index contributed by atoms with van der Waals surface area (Å²) < 4.78 is 5.43. The van der Waals surface area contributed by atoms with Gasteiger partial charge in [-0.25, -0.2) is 0 Å². The first-order chi connectivity index (χ1) is 12.1. The summed E-state index contributed by atoms with van der Waals surface area (Å²) in [7, 11) is 0. The first-order valence-electron chi connectivity index (χ1n) is 8.69. The van der Waals surface area contributed by atoms with Crippen LogP contribution >= 0.6 is 0 Å². The van der Waals surface area contributed by atoms with Gasteiger partial charge in [0, 0.05) is 36.5 Å². The van der Waals surface area contributed by atoms with Crippen LogP contribution in [0, 0.1) is 18.3 Å². The molecule has 1 aromatic carbocycles. The molecule has 5 nitrogen and oxygen atoms in total. The van der Waals surface area contributed by atoms with E-state index in [2.05, 4.69) is 16.0 Å². The molecule has 25 heavy (non-hydrogen) atoms. The highest BCUT2D eigenvalue weighted by Gasteiger charge is 2.18. The molecule has 0 aliphatic carbocycles. The first-order valence-corrected chi connectivity index (χ1v) is 8.69. The van der Waals surface area contributed by atoms with Gasteiger partial charge in [-0.15, -0.1) is 0 Å². The van der Waals surface area contributed by atoms with Crippen molar-refractivity contribution in [3.63, 3.8) is 0 Å². The zero-order chi connectivity index (χ0) is 17.8. The summed E-state index contributed by atoms with van der Waals surface area (Å²) in [5, 5.41) is 9.58. The van der Waals surface area contributed by atoms with E-state index in [1.165, 1.54) is 0 Å². The first kappa shape index (κ1) is 17.4. The molecule has 0 amide bonds. The van der Waals surface area contributed by atoms with Crippen molar-refractivity contribution in [2.45, 2.75) is 26.8 Å². The van der Waals surface area contributed by atoms with Crippen molar-refractivity contribution in [1.29, 1.82) is 5.26 Å². The Labute approximate surface area is 147 Å². The maximum atomic E-state index is 12.0. The molecule has 1 fully saturated rings. The van der Waals surface area contributed by atoms with Crippen LogP contribution in [0.5, 0.6) is 0 Å². The fraction of sp³-hybridized carbons (Fsp3) is 0.400. The fourth-order valence-corrected chi connectivity index (χ4v) is 3.31. The molecule has 1 saturated heterocycles. The van der Waals surface area contributed by atoms with Crippen molar-refractivity contribution in [3.05, 3.63) is 57.0 Å². The second-order valence-electron chi connectivity index (χ2n) is 6.35. The summed E-state index contributed by atoms with van der Waals surface area (Å²) in [6.45, 7) is 7.78. The van der Waals surface area contributed by atoms with Crippen LogP contribution in [-0.2, 0) is 17.7 Å². The number of pyridine rings is 1. The van der Waals surface area contributed by atoms with Gasteiger partial charge in [-0.1, -0.05) is 19.1 Å². The van der Waals surface area contributed by atoms with Crippen molar-refractivity contribution >= 4 is 0 Å². The normalized spacial score (nSPS) is 15.1. The number of hydrogen-bond acceptors (Lipinski definition) is 4. The molecular formula is C20H23N3O2. The van der Waals surface area contributed by atoms with E-state index in [1.54, 1.807) is 0 Å². The van der Waals surface area contributed by atoms with Crippen molar-refractivity contribution in [1.82, 2.24) is 9.88 Å². The monoisotopic (exact) mass is 337 g/mol. The van der Waals surface area contributed by atoms with E-state index in [0.29, 0.717) is 18.5 Å². The molecule has 130 valence electrons. The molecule has 0 radical (unpaired) electrons. The van der Waals surface area contributed by atoms with Crippen LogP contribution in [0.4, 0.5) is 0 Å². The van der Waals surface area contributed by atoms with E-state index in [0.717, 1.165) is 54.3 Å². The lowest BCUT2D eigenvalue weighted by Gasteiger charge is -2.28. The Balaban J connectivity index is 2.10. The van der Waals surface area contributed by atoms with Gasteiger partial charge in [0.2, 0.25) is 0 Å². The smallest absolute Gasteiger partial charge is 0.251 e. The second kappa shape index (κ2) is 7.64. The average Bonchev–Trinajstić information content (AvgIpc) is 2.63. The van der Waals surface area contributed by atoms with Gasteiger partial charge in [-0.05, 0) is 36.6 Å². The lowest BCUT2D eigenvalue weighted by atomic mass is 9.93. The average molecular weight is 337 g/mol. The van der Waals surface area contributed by atoms with Gasteiger partial charge in [0.25, 0.3) is 5.56 Å². The third-order valence-corrected chi connectivity index (χ3v) is 4.77. The number of ether oxygens (including phenoxy) is 1. The molecule has 0 atom stereocenters. The zero-order valence-electron chi connectivity index (χ0n) is 14.8. The molecule has 0 spiro atoms. The number of aromatic amines is 1. The number of nitriles is 1. The number of nitrogens with one attached hydrogen (secondary N) is 1. The van der Waals surface area contributed by atoms with E-state index in [9.17, 15) is 10.1 Å². The van der Waals surface area contributed by atoms with Gasteiger partial charge in [-0.2, -0.15) is 5.26 Å². The number of aromatic nitrogens is 1. The van der Waals surface area contributed by atoms with Crippen LogP contribution in [0.25, 0.3) is 11.1 Å². The topological polar surface area (TPSA) is 69.1 Å². The third kappa shape index (κ3) is 3.65. The van der Waals surface area contributed by atoms with Crippen LogP contribution in [0.3, 0.4) is 0 Å². The lowest BCUT2D eigenvalue weighted by molar-refractivity contribution is 0.0342. The van der Waals surface area contributed by atoms with E-state index in [-0.39, 0.29) is 5.56 Å². The lowest BCUT2D eigenvalue weighted by Crippen LogP contribution is -2.36. The highest BCUT2D eigenvalue weighted by Crippen LogP contribution is 2.29. The van der Waals surface area contributed by atoms with Crippen molar-refractivity contribution in [2.24, 2.45) is 0 Å². The number of benzene rings is 1. The molecule has 3 rings (SSSR count). The summed E-state index contributed by atoms with van der Waals surface area (Å²) in [6.07, 6.45) is 0.680. The SMILES string of the molecule is CCc1cc(-c2cccc(C#N)c2CN2CCOCC2)c(C)[nH]c1=O. The highest BCUT2D eigenvalue weighted by atomic mass is 16.5. The van der Waals surface area contributed by atoms with E-state index in [1.807, 2.05) is 38.1 Å².